The normalized spacial score (nSPS) is 18.5. The van der Waals surface area contributed by atoms with Gasteiger partial charge in [0.1, 0.15) is 5.76 Å². The molecule has 1 unspecified atom stereocenters. The van der Waals surface area contributed by atoms with E-state index in [1.165, 1.54) is 5.56 Å². The molecule has 1 amide bonds. The number of ether oxygens (including phenoxy) is 3. The number of furan rings is 1. The van der Waals surface area contributed by atoms with Gasteiger partial charge in [0.05, 0.1) is 46.0 Å². The van der Waals surface area contributed by atoms with Crippen molar-refractivity contribution in [2.24, 2.45) is 5.92 Å². The van der Waals surface area contributed by atoms with E-state index in [0.29, 0.717) is 48.3 Å². The summed E-state index contributed by atoms with van der Waals surface area (Å²) >= 11 is 0. The molecule has 2 aromatic carbocycles. The van der Waals surface area contributed by atoms with Crippen LogP contribution in [-0.4, -0.2) is 85.1 Å². The molecule has 4 heterocycles. The average molecular weight is 693 g/mol. The van der Waals surface area contributed by atoms with E-state index in [1.807, 2.05) is 58.9 Å². The first-order valence-corrected chi connectivity index (χ1v) is 17.7. The second-order valence-corrected chi connectivity index (χ2v) is 13.3. The van der Waals surface area contributed by atoms with E-state index in [4.69, 9.17) is 18.6 Å². The number of carbonyl (C=O) groups is 2. The minimum atomic E-state index is -0.183. The van der Waals surface area contributed by atoms with E-state index >= 15 is 0 Å². The fourth-order valence-electron chi connectivity index (χ4n) is 7.49. The Bertz CT molecular complexity index is 1810. The lowest BCUT2D eigenvalue weighted by Crippen LogP contribution is -2.41. The molecule has 2 aromatic heterocycles. The number of likely N-dealkylation sites (tertiary alicyclic amines) is 2. The topological polar surface area (TPSA) is 99.3 Å². The maximum absolute atomic E-state index is 13.9. The fourth-order valence-corrected chi connectivity index (χ4v) is 7.49. The largest absolute Gasteiger partial charge is 0.493 e. The molecule has 0 N–H and O–H groups in total. The maximum atomic E-state index is 13.9. The van der Waals surface area contributed by atoms with Crippen LogP contribution in [0.1, 0.15) is 70.6 Å². The van der Waals surface area contributed by atoms with Crippen LogP contribution in [0.5, 0.6) is 17.2 Å². The first kappa shape index (κ1) is 35.7. The monoisotopic (exact) mass is 692 g/mol. The Morgan fingerprint density at radius 1 is 0.961 bits per heavy atom. The van der Waals surface area contributed by atoms with Crippen LogP contribution in [0.25, 0.3) is 6.08 Å². The van der Waals surface area contributed by atoms with E-state index in [0.717, 1.165) is 56.8 Å². The molecule has 2 fully saturated rings. The Morgan fingerprint density at radius 3 is 2.35 bits per heavy atom. The van der Waals surface area contributed by atoms with Crippen LogP contribution in [-0.2, 0) is 12.0 Å². The smallest absolute Gasteiger partial charge is 0.254 e. The molecule has 0 aliphatic carbocycles. The van der Waals surface area contributed by atoms with Gasteiger partial charge >= 0.3 is 0 Å². The van der Waals surface area contributed by atoms with Gasteiger partial charge in [-0.25, -0.2) is 4.98 Å². The summed E-state index contributed by atoms with van der Waals surface area (Å²) in [6, 6.07) is 17.8. The third kappa shape index (κ3) is 7.81. The zero-order valence-electron chi connectivity index (χ0n) is 30.0. The average Bonchev–Trinajstić information content (AvgIpc) is 3.95. The minimum Gasteiger partial charge on any atom is -0.493 e. The first-order valence-electron chi connectivity index (χ1n) is 17.7. The van der Waals surface area contributed by atoms with E-state index in [1.54, 1.807) is 45.9 Å². The molecule has 2 aliphatic heterocycles. The number of methoxy groups -OCH3 is 3. The van der Waals surface area contributed by atoms with Crippen molar-refractivity contribution in [1.82, 2.24) is 19.4 Å². The van der Waals surface area contributed by atoms with Crippen LogP contribution in [0, 0.1) is 5.92 Å². The number of hydrogen-bond acceptors (Lipinski definition) is 8. The van der Waals surface area contributed by atoms with Crippen LogP contribution < -0.4 is 14.2 Å². The minimum absolute atomic E-state index is 0.0581. The molecular weight excluding hydrogens is 644 g/mol. The number of ketones is 1. The Balaban J connectivity index is 1.12. The van der Waals surface area contributed by atoms with E-state index in [2.05, 4.69) is 34.1 Å². The summed E-state index contributed by atoms with van der Waals surface area (Å²) in [5.41, 5.74) is 2.44. The van der Waals surface area contributed by atoms with Crippen LogP contribution in [0.2, 0.25) is 0 Å². The number of imidazole rings is 1. The Morgan fingerprint density at radius 2 is 1.71 bits per heavy atom. The van der Waals surface area contributed by atoms with Gasteiger partial charge in [0, 0.05) is 30.0 Å². The van der Waals surface area contributed by atoms with Crippen LogP contribution >= 0.6 is 0 Å². The Kier molecular flexibility index (Phi) is 11.4. The van der Waals surface area contributed by atoms with Gasteiger partial charge in [-0.15, -0.1) is 0 Å². The summed E-state index contributed by atoms with van der Waals surface area (Å²) in [6.45, 7) is 6.24. The van der Waals surface area contributed by atoms with E-state index < -0.39 is 0 Å². The number of nitrogens with zero attached hydrogens (tertiary/aromatic N) is 4. The van der Waals surface area contributed by atoms with Gasteiger partial charge < -0.3 is 33.0 Å². The Hall–Kier alpha value is -5.09. The maximum Gasteiger partial charge on any atom is 0.254 e. The number of benzene rings is 2. The van der Waals surface area contributed by atoms with E-state index in [-0.39, 0.29) is 23.0 Å². The van der Waals surface area contributed by atoms with Crippen LogP contribution in [0.15, 0.2) is 89.7 Å². The van der Waals surface area contributed by atoms with Crippen LogP contribution in [0.3, 0.4) is 0 Å². The molecule has 1 atom stereocenters. The molecule has 0 saturated carbocycles. The lowest BCUT2D eigenvalue weighted by molar-refractivity contribution is 0.0777. The summed E-state index contributed by atoms with van der Waals surface area (Å²) < 4.78 is 24.1. The first-order chi connectivity index (χ1) is 24.9. The molecule has 51 heavy (non-hydrogen) atoms. The van der Waals surface area contributed by atoms with Gasteiger partial charge in [0.15, 0.2) is 17.3 Å². The van der Waals surface area contributed by atoms with Crippen molar-refractivity contribution in [3.63, 3.8) is 0 Å². The molecule has 2 saturated heterocycles. The second-order valence-electron chi connectivity index (χ2n) is 13.3. The van der Waals surface area contributed by atoms with Crippen molar-refractivity contribution in [1.29, 1.82) is 0 Å². The quantitative estimate of drug-likeness (QED) is 0.104. The number of rotatable bonds is 14. The second kappa shape index (κ2) is 16.3. The lowest BCUT2D eigenvalue weighted by atomic mass is 9.76. The number of piperidine rings is 1. The molecule has 10 heteroatoms. The number of Topliss-reactive ketones (excluding diaryl/α,β-unsaturated/α-hetero) is 1. The molecular formula is C41H48N4O6. The number of amides is 1. The third-order valence-corrected chi connectivity index (χ3v) is 10.4. The predicted octanol–water partition coefficient (Wildman–Crippen LogP) is 6.91. The SMILES string of the molecule is CC=CC=Cc1cnc(C(=O)C2CCN(CCC3(c4ccccc4)CCN(C(=O)c4cc(OC)c(OC)c(OC)c4)C3)CC2)n1Cc1ccco1. The van der Waals surface area contributed by atoms with Crippen molar-refractivity contribution in [3.05, 3.63) is 114 Å². The molecule has 0 bridgehead atoms. The molecule has 0 radical (unpaired) electrons. The molecule has 4 aromatic rings. The fraction of sp³-hybridized carbons (Fsp3) is 0.390. The summed E-state index contributed by atoms with van der Waals surface area (Å²) in [4.78, 5) is 36.8. The number of hydrogen-bond donors (Lipinski definition) is 0. The predicted molar refractivity (Wildman–Crippen MR) is 197 cm³/mol. The van der Waals surface area contributed by atoms with Crippen molar-refractivity contribution in [2.45, 2.75) is 44.6 Å². The Labute approximate surface area is 300 Å². The highest BCUT2D eigenvalue weighted by atomic mass is 16.5. The number of aromatic nitrogens is 2. The van der Waals surface area contributed by atoms with Gasteiger partial charge in [0.2, 0.25) is 11.5 Å². The highest BCUT2D eigenvalue weighted by Gasteiger charge is 2.42. The van der Waals surface area contributed by atoms with Gasteiger partial charge in [-0.1, -0.05) is 48.6 Å². The third-order valence-electron chi connectivity index (χ3n) is 10.4. The van der Waals surface area contributed by atoms with Crippen molar-refractivity contribution in [3.8, 4) is 17.2 Å². The van der Waals surface area contributed by atoms with Crippen molar-refractivity contribution < 1.29 is 28.2 Å². The lowest BCUT2D eigenvalue weighted by Gasteiger charge is -2.36. The standard InChI is InChI=1S/C41H48N4O6/c1-5-6-8-14-33-27-42-39(45(33)28-34-15-11-24-51-34)37(46)30-16-20-43(21-17-30)22-18-41(32-12-9-7-10-13-32)19-23-44(29-41)40(47)31-25-35(48-2)38(50-4)36(26-31)49-3/h5-15,24-27,30H,16-23,28-29H2,1-4H3. The molecule has 0 spiro atoms. The van der Waals surface area contributed by atoms with Crippen molar-refractivity contribution >= 4 is 17.8 Å². The van der Waals surface area contributed by atoms with Gasteiger partial charge in [-0.3, -0.25) is 9.59 Å². The zero-order valence-corrected chi connectivity index (χ0v) is 30.0. The summed E-state index contributed by atoms with van der Waals surface area (Å²) in [5, 5.41) is 0. The highest BCUT2D eigenvalue weighted by Crippen LogP contribution is 2.41. The van der Waals surface area contributed by atoms with Crippen LogP contribution in [0.4, 0.5) is 0 Å². The van der Waals surface area contributed by atoms with Gasteiger partial charge in [-0.2, -0.15) is 0 Å². The molecule has 2 aliphatic rings. The van der Waals surface area contributed by atoms with Gasteiger partial charge in [-0.05, 0) is 88.1 Å². The molecule has 268 valence electrons. The summed E-state index contributed by atoms with van der Waals surface area (Å²) in [7, 11) is 4.66. The summed E-state index contributed by atoms with van der Waals surface area (Å²) in [5.74, 6) is 2.58. The zero-order chi connectivity index (χ0) is 35.8. The number of carbonyl (C=O) groups excluding carboxylic acids is 2. The molecule has 6 rings (SSSR count). The summed E-state index contributed by atoms with van der Waals surface area (Å²) in [6.07, 6.45) is 14.6. The molecule has 10 nitrogen and oxygen atoms in total. The number of allylic oxidation sites excluding steroid dienone is 3. The highest BCUT2D eigenvalue weighted by molar-refractivity contribution is 5.96. The van der Waals surface area contributed by atoms with Crippen molar-refractivity contribution in [2.75, 3.05) is 54.1 Å². The van der Waals surface area contributed by atoms with Gasteiger partial charge in [0.25, 0.3) is 5.91 Å². The van der Waals surface area contributed by atoms with E-state index in [9.17, 15) is 9.59 Å².